The predicted molar refractivity (Wildman–Crippen MR) is 87.3 cm³/mol. The molecule has 20 heavy (non-hydrogen) atoms. The number of hydrogen-bond acceptors (Lipinski definition) is 2. The minimum absolute atomic E-state index is 0.385. The Bertz CT molecular complexity index is 514. The van der Waals surface area contributed by atoms with E-state index < -0.39 is 0 Å². The van der Waals surface area contributed by atoms with Gasteiger partial charge in [-0.2, -0.15) is 0 Å². The second-order valence-corrected chi connectivity index (χ2v) is 5.28. The lowest BCUT2D eigenvalue weighted by Gasteiger charge is -2.16. The number of hydrogen-bond donors (Lipinski definition) is 2. The zero-order valence-electron chi connectivity index (χ0n) is 12.6. The van der Waals surface area contributed by atoms with Crippen molar-refractivity contribution in [3.05, 3.63) is 65.2 Å². The van der Waals surface area contributed by atoms with E-state index in [0.717, 1.165) is 13.1 Å². The summed E-state index contributed by atoms with van der Waals surface area (Å²) in [7, 11) is 0. The maximum Gasteiger partial charge on any atom is 0.0400 e. The van der Waals surface area contributed by atoms with Gasteiger partial charge in [0.25, 0.3) is 0 Å². The maximum absolute atomic E-state index is 3.55. The fraction of sp³-hybridized carbons (Fsp3) is 0.333. The van der Waals surface area contributed by atoms with Gasteiger partial charge in [0, 0.05) is 24.8 Å². The van der Waals surface area contributed by atoms with E-state index in [4.69, 9.17) is 0 Å². The van der Waals surface area contributed by atoms with E-state index in [2.05, 4.69) is 79.9 Å². The van der Waals surface area contributed by atoms with Crippen LogP contribution < -0.4 is 10.6 Å². The first kappa shape index (κ1) is 14.6. The first-order valence-electron chi connectivity index (χ1n) is 7.27. The highest BCUT2D eigenvalue weighted by Gasteiger charge is 2.04. The number of nitrogens with one attached hydrogen (secondary N) is 2. The second-order valence-electron chi connectivity index (χ2n) is 5.28. The van der Waals surface area contributed by atoms with E-state index in [-0.39, 0.29) is 0 Å². The maximum atomic E-state index is 3.55. The summed E-state index contributed by atoms with van der Waals surface area (Å²) in [6.07, 6.45) is 0. The highest BCUT2D eigenvalue weighted by molar-refractivity contribution is 5.56. The van der Waals surface area contributed by atoms with Gasteiger partial charge in [-0.15, -0.1) is 0 Å². The van der Waals surface area contributed by atoms with Gasteiger partial charge in [-0.05, 0) is 37.5 Å². The normalized spacial score (nSPS) is 12.2. The Morgan fingerprint density at radius 1 is 0.850 bits per heavy atom. The van der Waals surface area contributed by atoms with E-state index in [9.17, 15) is 0 Å². The van der Waals surface area contributed by atoms with Crippen LogP contribution in [0.15, 0.2) is 48.5 Å². The minimum Gasteiger partial charge on any atom is -0.383 e. The third-order valence-corrected chi connectivity index (χ3v) is 3.66. The lowest BCUT2D eigenvalue weighted by molar-refractivity contribution is 0.588. The number of aryl methyl sites for hydroxylation is 2. The summed E-state index contributed by atoms with van der Waals surface area (Å²) in [4.78, 5) is 0. The SMILES string of the molecule is Cc1cccc(C)c1NCCNC(C)c1ccccc1. The number of rotatable bonds is 6. The molecule has 0 amide bonds. The van der Waals surface area contributed by atoms with Gasteiger partial charge in [-0.1, -0.05) is 48.5 Å². The van der Waals surface area contributed by atoms with Crippen molar-refractivity contribution >= 4 is 5.69 Å². The van der Waals surface area contributed by atoms with E-state index >= 15 is 0 Å². The third-order valence-electron chi connectivity index (χ3n) is 3.66. The summed E-state index contributed by atoms with van der Waals surface area (Å²) in [6, 6.07) is 17.3. The molecule has 0 heterocycles. The van der Waals surface area contributed by atoms with Gasteiger partial charge in [-0.25, -0.2) is 0 Å². The standard InChI is InChI=1S/C18H24N2/c1-14-8-7-9-15(2)18(14)20-13-12-19-16(3)17-10-5-4-6-11-17/h4-11,16,19-20H,12-13H2,1-3H3. The first-order valence-corrected chi connectivity index (χ1v) is 7.27. The van der Waals surface area contributed by atoms with Gasteiger partial charge in [0.2, 0.25) is 0 Å². The smallest absolute Gasteiger partial charge is 0.0400 e. The van der Waals surface area contributed by atoms with E-state index in [1.807, 2.05) is 0 Å². The molecule has 2 aromatic carbocycles. The molecule has 2 heteroatoms. The Hall–Kier alpha value is -1.80. The third kappa shape index (κ3) is 3.84. The highest BCUT2D eigenvalue weighted by atomic mass is 15.0. The van der Waals surface area contributed by atoms with Gasteiger partial charge in [0.1, 0.15) is 0 Å². The molecule has 0 saturated carbocycles. The largest absolute Gasteiger partial charge is 0.383 e. The van der Waals surface area contributed by atoms with Crippen molar-refractivity contribution in [2.75, 3.05) is 18.4 Å². The van der Waals surface area contributed by atoms with Crippen molar-refractivity contribution < 1.29 is 0 Å². The van der Waals surface area contributed by atoms with Crippen LogP contribution in [0, 0.1) is 13.8 Å². The molecule has 2 N–H and O–H groups in total. The van der Waals surface area contributed by atoms with Crippen LogP contribution in [0.5, 0.6) is 0 Å². The molecule has 0 aliphatic carbocycles. The van der Waals surface area contributed by atoms with Gasteiger partial charge in [0.15, 0.2) is 0 Å². The molecule has 0 bridgehead atoms. The molecule has 0 aliphatic heterocycles. The minimum atomic E-state index is 0.385. The number of para-hydroxylation sites is 1. The topological polar surface area (TPSA) is 24.1 Å². The van der Waals surface area contributed by atoms with Crippen LogP contribution >= 0.6 is 0 Å². The second kappa shape index (κ2) is 7.11. The number of anilines is 1. The molecular weight excluding hydrogens is 244 g/mol. The van der Waals surface area contributed by atoms with Crippen molar-refractivity contribution in [1.29, 1.82) is 0 Å². The van der Waals surface area contributed by atoms with Crippen LogP contribution in [-0.4, -0.2) is 13.1 Å². The van der Waals surface area contributed by atoms with Crippen molar-refractivity contribution in [1.82, 2.24) is 5.32 Å². The van der Waals surface area contributed by atoms with Crippen LogP contribution in [0.1, 0.15) is 29.7 Å². The van der Waals surface area contributed by atoms with Crippen molar-refractivity contribution in [3.63, 3.8) is 0 Å². The molecule has 0 aliphatic rings. The molecule has 0 fully saturated rings. The molecule has 2 aromatic rings. The van der Waals surface area contributed by atoms with Gasteiger partial charge >= 0.3 is 0 Å². The van der Waals surface area contributed by atoms with Crippen LogP contribution in [0.2, 0.25) is 0 Å². The van der Waals surface area contributed by atoms with Crippen molar-refractivity contribution in [3.8, 4) is 0 Å². The monoisotopic (exact) mass is 268 g/mol. The molecule has 2 rings (SSSR count). The highest BCUT2D eigenvalue weighted by Crippen LogP contribution is 2.18. The summed E-state index contributed by atoms with van der Waals surface area (Å²) >= 11 is 0. The Balaban J connectivity index is 1.80. The van der Waals surface area contributed by atoms with Gasteiger partial charge in [-0.3, -0.25) is 0 Å². The first-order chi connectivity index (χ1) is 9.68. The van der Waals surface area contributed by atoms with E-state index in [1.165, 1.54) is 22.4 Å². The molecule has 1 unspecified atom stereocenters. The summed E-state index contributed by atoms with van der Waals surface area (Å²) < 4.78 is 0. The Kier molecular flexibility index (Phi) is 5.19. The lowest BCUT2D eigenvalue weighted by atomic mass is 10.1. The molecular formula is C18H24N2. The van der Waals surface area contributed by atoms with E-state index in [0.29, 0.717) is 6.04 Å². The molecule has 0 radical (unpaired) electrons. The molecule has 0 spiro atoms. The van der Waals surface area contributed by atoms with Gasteiger partial charge in [0.05, 0.1) is 0 Å². The summed E-state index contributed by atoms with van der Waals surface area (Å²) in [5, 5.41) is 7.07. The molecule has 0 saturated heterocycles. The Morgan fingerprint density at radius 3 is 2.15 bits per heavy atom. The Morgan fingerprint density at radius 2 is 1.50 bits per heavy atom. The Labute approximate surface area is 122 Å². The van der Waals surface area contributed by atoms with Crippen molar-refractivity contribution in [2.24, 2.45) is 0 Å². The summed E-state index contributed by atoms with van der Waals surface area (Å²) in [5.41, 5.74) is 5.21. The predicted octanol–water partition coefficient (Wildman–Crippen LogP) is 4.07. The van der Waals surface area contributed by atoms with Crippen LogP contribution in [-0.2, 0) is 0 Å². The average molecular weight is 268 g/mol. The van der Waals surface area contributed by atoms with Crippen molar-refractivity contribution in [2.45, 2.75) is 26.8 Å². The fourth-order valence-corrected chi connectivity index (χ4v) is 2.43. The molecule has 0 aromatic heterocycles. The average Bonchev–Trinajstić information content (AvgIpc) is 2.46. The zero-order chi connectivity index (χ0) is 14.4. The lowest BCUT2D eigenvalue weighted by Crippen LogP contribution is -2.25. The molecule has 1 atom stereocenters. The summed E-state index contributed by atoms with van der Waals surface area (Å²) in [6.45, 7) is 8.38. The quantitative estimate of drug-likeness (QED) is 0.772. The van der Waals surface area contributed by atoms with Crippen LogP contribution in [0.25, 0.3) is 0 Å². The molecule has 106 valence electrons. The zero-order valence-corrected chi connectivity index (χ0v) is 12.6. The van der Waals surface area contributed by atoms with Crippen LogP contribution in [0.3, 0.4) is 0 Å². The van der Waals surface area contributed by atoms with Gasteiger partial charge < -0.3 is 10.6 Å². The van der Waals surface area contributed by atoms with E-state index in [1.54, 1.807) is 0 Å². The summed E-state index contributed by atoms with van der Waals surface area (Å²) in [5.74, 6) is 0. The molecule has 2 nitrogen and oxygen atoms in total. The number of benzene rings is 2. The fourth-order valence-electron chi connectivity index (χ4n) is 2.43. The van der Waals surface area contributed by atoms with Crippen LogP contribution in [0.4, 0.5) is 5.69 Å².